The first-order valence-corrected chi connectivity index (χ1v) is 9.88. The number of aliphatic hydroxyl groups is 2. The molecule has 158 valence electrons. The van der Waals surface area contributed by atoms with Crippen molar-refractivity contribution in [3.05, 3.63) is 59.7 Å². The van der Waals surface area contributed by atoms with E-state index in [9.17, 15) is 23.4 Å². The standard InChI is InChI=1S/C23H28F3NO2/c1-21(2,22(3,29)20(28)27-14-6-7-15-27)19-9-5-4-8-18(19)16-10-12-17(13-11-16)23(24,25)26/h4-5,8-13,20,28-29H,6-7,14-15H2,1-3H3. The van der Waals surface area contributed by atoms with Gasteiger partial charge in [0.2, 0.25) is 0 Å². The Morgan fingerprint density at radius 3 is 2.00 bits per heavy atom. The smallest absolute Gasteiger partial charge is 0.385 e. The summed E-state index contributed by atoms with van der Waals surface area (Å²) < 4.78 is 38.8. The topological polar surface area (TPSA) is 43.7 Å². The lowest BCUT2D eigenvalue weighted by atomic mass is 9.67. The Morgan fingerprint density at radius 2 is 1.45 bits per heavy atom. The fourth-order valence-electron chi connectivity index (χ4n) is 4.06. The molecule has 0 aliphatic carbocycles. The average Bonchev–Trinajstić information content (AvgIpc) is 3.21. The van der Waals surface area contributed by atoms with Crippen LogP contribution in [0.5, 0.6) is 0 Å². The second kappa shape index (κ2) is 7.74. The van der Waals surface area contributed by atoms with Crippen LogP contribution in [0.3, 0.4) is 0 Å². The van der Waals surface area contributed by atoms with Gasteiger partial charge in [-0.25, -0.2) is 0 Å². The largest absolute Gasteiger partial charge is 0.416 e. The summed E-state index contributed by atoms with van der Waals surface area (Å²) in [4.78, 5) is 1.88. The Morgan fingerprint density at radius 1 is 0.897 bits per heavy atom. The third-order valence-corrected chi connectivity index (χ3v) is 6.38. The van der Waals surface area contributed by atoms with Crippen LogP contribution in [-0.2, 0) is 11.6 Å². The molecular weight excluding hydrogens is 379 g/mol. The van der Waals surface area contributed by atoms with Gasteiger partial charge < -0.3 is 10.2 Å². The normalized spacial score (nSPS) is 19.2. The van der Waals surface area contributed by atoms with Gasteiger partial charge in [0.15, 0.2) is 0 Å². The Balaban J connectivity index is 2.00. The molecule has 1 aliphatic heterocycles. The van der Waals surface area contributed by atoms with Gasteiger partial charge in [-0.15, -0.1) is 0 Å². The van der Waals surface area contributed by atoms with Crippen LogP contribution in [0.25, 0.3) is 11.1 Å². The van der Waals surface area contributed by atoms with E-state index in [4.69, 9.17) is 0 Å². The highest BCUT2D eigenvalue weighted by atomic mass is 19.4. The SMILES string of the molecule is CC(C)(c1ccccc1-c1ccc(C(F)(F)F)cc1)C(C)(O)C(O)N1CCCC1. The van der Waals surface area contributed by atoms with Crippen LogP contribution in [0.2, 0.25) is 0 Å². The highest BCUT2D eigenvalue weighted by Gasteiger charge is 2.49. The van der Waals surface area contributed by atoms with Crippen molar-refractivity contribution in [1.29, 1.82) is 0 Å². The van der Waals surface area contributed by atoms with Crippen LogP contribution in [0.4, 0.5) is 13.2 Å². The maximum atomic E-state index is 12.9. The number of nitrogens with zero attached hydrogens (tertiary/aromatic N) is 1. The maximum absolute atomic E-state index is 12.9. The van der Waals surface area contributed by atoms with Crippen LogP contribution in [0.1, 0.15) is 44.7 Å². The summed E-state index contributed by atoms with van der Waals surface area (Å²) in [5, 5.41) is 22.3. The molecule has 0 saturated carbocycles. The zero-order chi connectivity index (χ0) is 21.4. The van der Waals surface area contributed by atoms with Crippen molar-refractivity contribution < 1.29 is 23.4 Å². The number of likely N-dealkylation sites (tertiary alicyclic amines) is 1. The van der Waals surface area contributed by atoms with Gasteiger partial charge in [0.1, 0.15) is 11.8 Å². The predicted molar refractivity (Wildman–Crippen MR) is 107 cm³/mol. The predicted octanol–water partition coefficient (Wildman–Crippen LogP) is 4.82. The molecule has 2 aromatic rings. The highest BCUT2D eigenvalue weighted by molar-refractivity contribution is 5.69. The highest BCUT2D eigenvalue weighted by Crippen LogP contribution is 2.43. The van der Waals surface area contributed by atoms with Gasteiger partial charge in [0, 0.05) is 18.5 Å². The quantitative estimate of drug-likeness (QED) is 0.747. The molecule has 3 rings (SSSR count). The number of rotatable bonds is 5. The summed E-state index contributed by atoms with van der Waals surface area (Å²) in [5.74, 6) is 0. The number of alkyl halides is 3. The lowest BCUT2D eigenvalue weighted by Gasteiger charge is -2.47. The summed E-state index contributed by atoms with van der Waals surface area (Å²) in [7, 11) is 0. The molecule has 1 saturated heterocycles. The van der Waals surface area contributed by atoms with E-state index in [-0.39, 0.29) is 0 Å². The van der Waals surface area contributed by atoms with E-state index in [1.54, 1.807) is 6.92 Å². The summed E-state index contributed by atoms with van der Waals surface area (Å²) in [6.07, 6.45) is -3.47. The Labute approximate surface area is 169 Å². The van der Waals surface area contributed by atoms with Crippen LogP contribution in [0, 0.1) is 0 Å². The third kappa shape index (κ3) is 4.06. The number of hydrogen-bond donors (Lipinski definition) is 2. The van der Waals surface area contributed by atoms with Crippen molar-refractivity contribution in [2.24, 2.45) is 0 Å². The molecule has 3 nitrogen and oxygen atoms in total. The van der Waals surface area contributed by atoms with E-state index in [1.165, 1.54) is 12.1 Å². The van der Waals surface area contributed by atoms with Gasteiger partial charge >= 0.3 is 6.18 Å². The van der Waals surface area contributed by atoms with Gasteiger partial charge in [-0.2, -0.15) is 13.2 Å². The number of aliphatic hydroxyl groups excluding tert-OH is 1. The van der Waals surface area contributed by atoms with Crippen LogP contribution >= 0.6 is 0 Å². The lowest BCUT2D eigenvalue weighted by molar-refractivity contribution is -0.165. The maximum Gasteiger partial charge on any atom is 0.416 e. The molecule has 0 amide bonds. The van der Waals surface area contributed by atoms with Crippen molar-refractivity contribution in [1.82, 2.24) is 4.90 Å². The molecule has 2 atom stereocenters. The lowest BCUT2D eigenvalue weighted by Crippen LogP contribution is -2.59. The van der Waals surface area contributed by atoms with Crippen LogP contribution in [0.15, 0.2) is 48.5 Å². The number of benzene rings is 2. The Kier molecular flexibility index (Phi) is 5.82. The molecule has 2 unspecified atom stereocenters. The first-order valence-electron chi connectivity index (χ1n) is 9.88. The fraction of sp³-hybridized carbons (Fsp3) is 0.478. The first kappa shape index (κ1) is 21.8. The van der Waals surface area contributed by atoms with Crippen LogP contribution in [-0.4, -0.2) is 40.0 Å². The third-order valence-electron chi connectivity index (χ3n) is 6.38. The van der Waals surface area contributed by atoms with E-state index in [0.29, 0.717) is 5.56 Å². The molecular formula is C23H28F3NO2. The molecule has 0 bridgehead atoms. The minimum atomic E-state index is -4.39. The number of halogens is 3. The van der Waals surface area contributed by atoms with Crippen molar-refractivity contribution in [3.63, 3.8) is 0 Å². The second-order valence-electron chi connectivity index (χ2n) is 8.51. The molecule has 2 aromatic carbocycles. The van der Waals surface area contributed by atoms with E-state index in [1.807, 2.05) is 43.0 Å². The number of hydrogen-bond acceptors (Lipinski definition) is 3. The van der Waals surface area contributed by atoms with Gasteiger partial charge in [0.05, 0.1) is 5.56 Å². The minimum Gasteiger partial charge on any atom is -0.385 e. The molecule has 2 N–H and O–H groups in total. The minimum absolute atomic E-state index is 0.633. The first-order chi connectivity index (χ1) is 13.5. The summed E-state index contributed by atoms with van der Waals surface area (Å²) in [6.45, 7) is 6.80. The van der Waals surface area contributed by atoms with E-state index in [2.05, 4.69) is 0 Å². The summed E-state index contributed by atoms with van der Waals surface area (Å²) >= 11 is 0. The average molecular weight is 407 g/mol. The molecule has 6 heteroatoms. The van der Waals surface area contributed by atoms with E-state index in [0.717, 1.165) is 49.2 Å². The molecule has 1 fully saturated rings. The zero-order valence-corrected chi connectivity index (χ0v) is 17.0. The molecule has 1 aliphatic rings. The fourth-order valence-corrected chi connectivity index (χ4v) is 4.06. The monoisotopic (exact) mass is 407 g/mol. The van der Waals surface area contributed by atoms with E-state index < -0.39 is 29.0 Å². The molecule has 0 aromatic heterocycles. The molecule has 1 heterocycles. The Bertz CT molecular complexity index is 838. The van der Waals surface area contributed by atoms with Crippen molar-refractivity contribution in [2.75, 3.05) is 13.1 Å². The summed E-state index contributed by atoms with van der Waals surface area (Å²) in [6, 6.07) is 12.4. The van der Waals surface area contributed by atoms with Crippen LogP contribution < -0.4 is 0 Å². The van der Waals surface area contributed by atoms with Gasteiger partial charge in [-0.05, 0) is 48.6 Å². The molecule has 29 heavy (non-hydrogen) atoms. The molecule has 0 radical (unpaired) electrons. The Hall–Kier alpha value is -1.89. The van der Waals surface area contributed by atoms with Gasteiger partial charge in [0.25, 0.3) is 0 Å². The zero-order valence-electron chi connectivity index (χ0n) is 17.0. The van der Waals surface area contributed by atoms with Gasteiger partial charge in [-0.3, -0.25) is 4.90 Å². The van der Waals surface area contributed by atoms with E-state index >= 15 is 0 Å². The van der Waals surface area contributed by atoms with Gasteiger partial charge in [-0.1, -0.05) is 50.2 Å². The van der Waals surface area contributed by atoms with Crippen molar-refractivity contribution in [3.8, 4) is 11.1 Å². The summed E-state index contributed by atoms with van der Waals surface area (Å²) in [5.41, 5.74) is -0.904. The van der Waals surface area contributed by atoms with Crippen molar-refractivity contribution in [2.45, 2.75) is 57.0 Å². The van der Waals surface area contributed by atoms with Crippen molar-refractivity contribution >= 4 is 0 Å². The molecule has 0 spiro atoms. The second-order valence-corrected chi connectivity index (χ2v) is 8.51.